The third-order valence-corrected chi connectivity index (χ3v) is 6.93. The largest absolute Gasteiger partial charge is 0.494 e. The Morgan fingerprint density at radius 2 is 1.73 bits per heavy atom. The number of aliphatic hydroxyl groups is 1. The fourth-order valence-corrected chi connectivity index (χ4v) is 4.15. The van der Waals surface area contributed by atoms with Gasteiger partial charge in [-0.05, 0) is 56.7 Å². The summed E-state index contributed by atoms with van der Waals surface area (Å²) in [5.41, 5.74) is 6.08. The summed E-state index contributed by atoms with van der Waals surface area (Å²) in [5, 5.41) is 12.1. The number of pyridine rings is 1. The highest BCUT2D eigenvalue weighted by Gasteiger charge is 2.31. The molecule has 2 aromatic heterocycles. The van der Waals surface area contributed by atoms with Gasteiger partial charge in [0.2, 0.25) is 5.96 Å². The summed E-state index contributed by atoms with van der Waals surface area (Å²) in [4.78, 5) is 16.6. The third kappa shape index (κ3) is 6.77. The normalized spacial score (nSPS) is 13.4. The molecule has 0 fully saturated rings. The van der Waals surface area contributed by atoms with Crippen molar-refractivity contribution in [2.75, 3.05) is 19.5 Å². The number of aliphatic hydroxyl groups excluding tert-OH is 1. The van der Waals surface area contributed by atoms with E-state index < -0.39 is 33.2 Å². The minimum absolute atomic E-state index is 0.00341. The molecule has 198 valence electrons. The SMILES string of the molecule is COc1cccc(OC)c1N/C(=N/S(=O)(=O)[C@H](C)[C@H](O)c1ccc(C)cn1)NNC(=O)c1ccc(C)o1. The van der Waals surface area contributed by atoms with Crippen molar-refractivity contribution in [2.45, 2.75) is 32.1 Å². The molecule has 0 bridgehead atoms. The van der Waals surface area contributed by atoms with E-state index >= 15 is 0 Å². The van der Waals surface area contributed by atoms with E-state index in [0.29, 0.717) is 17.3 Å². The molecule has 37 heavy (non-hydrogen) atoms. The van der Waals surface area contributed by atoms with Crippen LogP contribution in [0.25, 0.3) is 0 Å². The van der Waals surface area contributed by atoms with Crippen LogP contribution in [0.3, 0.4) is 0 Å². The molecule has 2 atom stereocenters. The lowest BCUT2D eigenvalue weighted by Crippen LogP contribution is -2.45. The van der Waals surface area contributed by atoms with Crippen LogP contribution in [0.2, 0.25) is 0 Å². The molecule has 4 N–H and O–H groups in total. The van der Waals surface area contributed by atoms with Gasteiger partial charge in [0.1, 0.15) is 34.3 Å². The Hall–Kier alpha value is -4.10. The highest BCUT2D eigenvalue weighted by atomic mass is 32.2. The number of ether oxygens (including phenoxy) is 2. The number of benzene rings is 1. The maximum Gasteiger partial charge on any atom is 0.305 e. The maximum atomic E-state index is 13.2. The summed E-state index contributed by atoms with van der Waals surface area (Å²) in [6, 6.07) is 11.2. The molecule has 0 aliphatic heterocycles. The smallest absolute Gasteiger partial charge is 0.305 e. The van der Waals surface area contributed by atoms with E-state index in [-0.39, 0.29) is 17.1 Å². The van der Waals surface area contributed by atoms with Crippen molar-refractivity contribution in [2.24, 2.45) is 4.40 Å². The van der Waals surface area contributed by atoms with Crippen molar-refractivity contribution in [3.8, 4) is 11.5 Å². The van der Waals surface area contributed by atoms with Gasteiger partial charge in [0, 0.05) is 6.20 Å². The number of carbonyl (C=O) groups is 1. The van der Waals surface area contributed by atoms with Crippen LogP contribution in [0.15, 0.2) is 57.5 Å². The molecule has 0 aliphatic carbocycles. The van der Waals surface area contributed by atoms with Crippen LogP contribution in [0.4, 0.5) is 5.69 Å². The Kier molecular flexibility index (Phi) is 8.73. The molecule has 0 spiro atoms. The van der Waals surface area contributed by atoms with Gasteiger partial charge in [-0.3, -0.25) is 20.6 Å². The molecule has 3 rings (SSSR count). The third-order valence-electron chi connectivity index (χ3n) is 5.30. The number of nitrogens with one attached hydrogen (secondary N) is 3. The number of hydrogen-bond donors (Lipinski definition) is 4. The van der Waals surface area contributed by atoms with Crippen molar-refractivity contribution < 1.29 is 32.2 Å². The number of sulfonamides is 1. The van der Waals surface area contributed by atoms with E-state index in [0.717, 1.165) is 5.56 Å². The second kappa shape index (κ2) is 11.8. The number of methoxy groups -OCH3 is 2. The summed E-state index contributed by atoms with van der Waals surface area (Å²) < 4.78 is 46.2. The number of anilines is 1. The summed E-state index contributed by atoms with van der Waals surface area (Å²) in [6.07, 6.45) is 0.0623. The average molecular weight is 532 g/mol. The first-order valence-electron chi connectivity index (χ1n) is 11.1. The predicted molar refractivity (Wildman–Crippen MR) is 137 cm³/mol. The first-order chi connectivity index (χ1) is 17.6. The Labute approximate surface area is 214 Å². The number of carbonyl (C=O) groups excluding carboxylic acids is 1. The molecular formula is C24H29N5O7S. The number of hydrazine groups is 1. The number of rotatable bonds is 8. The van der Waals surface area contributed by atoms with Gasteiger partial charge in [-0.15, -0.1) is 4.40 Å². The Morgan fingerprint density at radius 3 is 2.27 bits per heavy atom. The molecule has 1 aromatic carbocycles. The number of nitrogens with zero attached hydrogens (tertiary/aromatic N) is 2. The van der Waals surface area contributed by atoms with Gasteiger partial charge in [0.15, 0.2) is 5.76 Å². The molecule has 0 radical (unpaired) electrons. The van der Waals surface area contributed by atoms with E-state index in [1.807, 2.05) is 6.92 Å². The van der Waals surface area contributed by atoms with E-state index in [4.69, 9.17) is 13.9 Å². The van der Waals surface area contributed by atoms with E-state index in [2.05, 4.69) is 25.6 Å². The Balaban J connectivity index is 1.94. The monoisotopic (exact) mass is 531 g/mol. The van der Waals surface area contributed by atoms with E-state index in [1.165, 1.54) is 33.4 Å². The summed E-state index contributed by atoms with van der Waals surface area (Å²) in [6.45, 7) is 4.80. The molecule has 0 aliphatic rings. The lowest BCUT2D eigenvalue weighted by molar-refractivity contribution is 0.0914. The highest BCUT2D eigenvalue weighted by molar-refractivity contribution is 7.90. The molecule has 3 aromatic rings. The highest BCUT2D eigenvalue weighted by Crippen LogP contribution is 2.34. The standard InChI is InChI=1S/C24H29N5O7S/c1-14-9-11-17(25-13-14)22(30)16(3)37(32,33)29-24(28-27-23(31)20-12-10-15(2)36-20)26-21-18(34-4)7-6-8-19(21)35-5/h6-13,16,22,30H,1-5H3,(H,27,31)(H2,26,28,29)/t16-,22+/m1/s1. The van der Waals surface area contributed by atoms with Crippen molar-refractivity contribution in [3.05, 3.63) is 71.4 Å². The zero-order chi connectivity index (χ0) is 27.2. The Bertz CT molecular complexity index is 1350. The van der Waals surface area contributed by atoms with Crippen LogP contribution in [0.5, 0.6) is 11.5 Å². The maximum absolute atomic E-state index is 13.2. The lowest BCUT2D eigenvalue weighted by Gasteiger charge is -2.20. The lowest BCUT2D eigenvalue weighted by atomic mass is 10.1. The topological polar surface area (TPSA) is 164 Å². The average Bonchev–Trinajstić information content (AvgIpc) is 3.32. The molecule has 2 heterocycles. The van der Waals surface area contributed by atoms with Crippen molar-refractivity contribution in [3.63, 3.8) is 0 Å². The number of guanidine groups is 1. The second-order valence-electron chi connectivity index (χ2n) is 8.02. The number of amides is 1. The number of furan rings is 1. The van der Waals surface area contributed by atoms with E-state index in [9.17, 15) is 18.3 Å². The number of aromatic nitrogens is 1. The number of para-hydroxylation sites is 1. The quantitative estimate of drug-likeness (QED) is 0.193. The van der Waals surface area contributed by atoms with Gasteiger partial charge >= 0.3 is 5.91 Å². The fraction of sp³-hybridized carbons (Fsp3) is 0.292. The van der Waals surface area contributed by atoms with Gasteiger partial charge < -0.3 is 24.3 Å². The number of hydrogen-bond acceptors (Lipinski definition) is 8. The first-order valence-corrected chi connectivity index (χ1v) is 12.6. The minimum atomic E-state index is -4.37. The van der Waals surface area contributed by atoms with Gasteiger partial charge in [-0.1, -0.05) is 12.1 Å². The predicted octanol–water partition coefficient (Wildman–Crippen LogP) is 2.46. The van der Waals surface area contributed by atoms with Crippen LogP contribution in [0.1, 0.15) is 40.6 Å². The Morgan fingerprint density at radius 1 is 1.05 bits per heavy atom. The molecule has 13 heteroatoms. The zero-order valence-corrected chi connectivity index (χ0v) is 21.8. The van der Waals surface area contributed by atoms with Crippen LogP contribution in [0, 0.1) is 13.8 Å². The summed E-state index contributed by atoms with van der Waals surface area (Å²) in [5.74, 6) is 0.0777. The van der Waals surface area contributed by atoms with Crippen LogP contribution >= 0.6 is 0 Å². The summed E-state index contributed by atoms with van der Waals surface area (Å²) >= 11 is 0. The van der Waals surface area contributed by atoms with Gasteiger partial charge in [-0.2, -0.15) is 0 Å². The molecule has 12 nitrogen and oxygen atoms in total. The molecule has 0 unspecified atom stereocenters. The number of aryl methyl sites for hydroxylation is 2. The first kappa shape index (κ1) is 27.5. The van der Waals surface area contributed by atoms with Gasteiger partial charge in [-0.25, -0.2) is 8.42 Å². The molecule has 1 amide bonds. The van der Waals surface area contributed by atoms with Crippen molar-refractivity contribution >= 4 is 27.6 Å². The van der Waals surface area contributed by atoms with Crippen molar-refractivity contribution in [1.82, 2.24) is 15.8 Å². The van der Waals surface area contributed by atoms with E-state index in [1.54, 1.807) is 43.3 Å². The molecule has 0 saturated carbocycles. The van der Waals surface area contributed by atoms with Crippen molar-refractivity contribution in [1.29, 1.82) is 0 Å². The van der Waals surface area contributed by atoms with Crippen LogP contribution < -0.4 is 25.6 Å². The second-order valence-corrected chi connectivity index (χ2v) is 9.97. The zero-order valence-electron chi connectivity index (χ0n) is 21.0. The molecule has 0 saturated heterocycles. The van der Waals surface area contributed by atoms with Gasteiger partial charge in [0.05, 0.1) is 19.9 Å². The minimum Gasteiger partial charge on any atom is -0.494 e. The van der Waals surface area contributed by atoms with Gasteiger partial charge in [0.25, 0.3) is 10.0 Å². The van der Waals surface area contributed by atoms with Crippen LogP contribution in [-0.2, 0) is 10.0 Å². The van der Waals surface area contributed by atoms with Crippen LogP contribution in [-0.4, -0.2) is 49.8 Å². The molecular weight excluding hydrogens is 502 g/mol. The summed E-state index contributed by atoms with van der Waals surface area (Å²) in [7, 11) is -1.52. The fourth-order valence-electron chi connectivity index (χ4n) is 3.17.